The van der Waals surface area contributed by atoms with Gasteiger partial charge in [-0.3, -0.25) is 0 Å². The van der Waals surface area contributed by atoms with Gasteiger partial charge in [0.15, 0.2) is 0 Å². The lowest BCUT2D eigenvalue weighted by atomic mass is 10.0. The normalized spacial score (nSPS) is 20.7. The maximum absolute atomic E-state index is 5.52. The molecule has 0 saturated carbocycles. The Labute approximate surface area is 161 Å². The van der Waals surface area contributed by atoms with Gasteiger partial charge in [0.25, 0.3) is 0 Å². The first-order chi connectivity index (χ1) is 13.2. The summed E-state index contributed by atoms with van der Waals surface area (Å²) in [6.45, 7) is 8.25. The number of ether oxygens (including phenoxy) is 1. The van der Waals surface area contributed by atoms with Crippen molar-refractivity contribution in [2.24, 2.45) is 5.92 Å². The number of hydrogen-bond donors (Lipinski definition) is 0. The molecular weight excluding hydrogens is 338 g/mol. The molecule has 1 atom stereocenters. The second-order valence-electron chi connectivity index (χ2n) is 7.55. The molecule has 1 aromatic heterocycles. The molecule has 2 aliphatic heterocycles. The van der Waals surface area contributed by atoms with Gasteiger partial charge in [-0.25, -0.2) is 4.98 Å². The van der Waals surface area contributed by atoms with Crippen LogP contribution in [-0.2, 0) is 0 Å². The number of aromatic nitrogens is 2. The van der Waals surface area contributed by atoms with Crippen molar-refractivity contribution >= 4 is 17.5 Å². The molecule has 1 aromatic carbocycles. The zero-order valence-electron chi connectivity index (χ0n) is 16.3. The summed E-state index contributed by atoms with van der Waals surface area (Å²) in [5.41, 5.74) is 1.17. The third-order valence-corrected chi connectivity index (χ3v) is 5.60. The predicted octanol–water partition coefficient (Wildman–Crippen LogP) is 3.05. The van der Waals surface area contributed by atoms with Crippen LogP contribution in [0, 0.1) is 5.92 Å². The molecule has 144 valence electrons. The summed E-state index contributed by atoms with van der Waals surface area (Å²) in [6, 6.07) is 10.3. The van der Waals surface area contributed by atoms with Crippen molar-refractivity contribution < 1.29 is 4.74 Å². The first-order valence-electron chi connectivity index (χ1n) is 9.95. The molecule has 0 amide bonds. The minimum Gasteiger partial charge on any atom is -0.495 e. The van der Waals surface area contributed by atoms with Crippen molar-refractivity contribution in [3.63, 3.8) is 0 Å². The molecule has 0 aliphatic carbocycles. The fraction of sp³-hybridized carbons (Fsp3) is 0.524. The monoisotopic (exact) mass is 367 g/mol. The van der Waals surface area contributed by atoms with E-state index in [1.807, 2.05) is 24.4 Å². The lowest BCUT2D eigenvalue weighted by molar-refractivity contribution is 0.413. The van der Waals surface area contributed by atoms with Crippen molar-refractivity contribution in [3.05, 3.63) is 36.5 Å². The topological polar surface area (TPSA) is 44.7 Å². The molecule has 4 rings (SSSR count). The van der Waals surface area contributed by atoms with Gasteiger partial charge in [0.1, 0.15) is 11.6 Å². The van der Waals surface area contributed by atoms with Crippen LogP contribution in [0.1, 0.15) is 19.8 Å². The number of anilines is 3. The van der Waals surface area contributed by atoms with Crippen LogP contribution < -0.4 is 19.4 Å². The molecule has 2 aromatic rings. The number of nitrogens with zero attached hydrogens (tertiary/aromatic N) is 5. The van der Waals surface area contributed by atoms with Crippen LogP contribution in [0.25, 0.3) is 0 Å². The van der Waals surface area contributed by atoms with E-state index in [0.717, 1.165) is 62.7 Å². The van der Waals surface area contributed by atoms with Crippen molar-refractivity contribution in [2.45, 2.75) is 19.8 Å². The number of piperidine rings is 1. The van der Waals surface area contributed by atoms with Crippen molar-refractivity contribution in [1.82, 2.24) is 9.97 Å². The van der Waals surface area contributed by atoms with Crippen molar-refractivity contribution in [3.8, 4) is 5.75 Å². The van der Waals surface area contributed by atoms with Crippen LogP contribution in [0.4, 0.5) is 17.5 Å². The third-order valence-electron chi connectivity index (χ3n) is 5.60. The van der Waals surface area contributed by atoms with Gasteiger partial charge in [-0.1, -0.05) is 19.1 Å². The van der Waals surface area contributed by atoms with E-state index in [1.54, 1.807) is 7.11 Å². The van der Waals surface area contributed by atoms with Gasteiger partial charge in [-0.15, -0.1) is 0 Å². The van der Waals surface area contributed by atoms with Gasteiger partial charge in [-0.05, 0) is 37.0 Å². The lowest BCUT2D eigenvalue weighted by Gasteiger charge is -2.37. The maximum atomic E-state index is 5.52. The predicted molar refractivity (Wildman–Crippen MR) is 110 cm³/mol. The van der Waals surface area contributed by atoms with E-state index in [1.165, 1.54) is 18.5 Å². The highest BCUT2D eigenvalue weighted by atomic mass is 16.5. The number of methoxy groups -OCH3 is 1. The molecular formula is C21H29N5O. The van der Waals surface area contributed by atoms with Gasteiger partial charge in [-0.2, -0.15) is 4.98 Å². The van der Waals surface area contributed by atoms with Crippen LogP contribution in [-0.4, -0.2) is 56.3 Å². The van der Waals surface area contributed by atoms with Gasteiger partial charge < -0.3 is 19.4 Å². The fourth-order valence-corrected chi connectivity index (χ4v) is 4.11. The molecule has 2 saturated heterocycles. The Kier molecular flexibility index (Phi) is 5.32. The Balaban J connectivity index is 1.43. The van der Waals surface area contributed by atoms with Crippen molar-refractivity contribution in [2.75, 3.05) is 61.1 Å². The first-order valence-corrected chi connectivity index (χ1v) is 9.95. The van der Waals surface area contributed by atoms with E-state index in [9.17, 15) is 0 Å². The summed E-state index contributed by atoms with van der Waals surface area (Å²) < 4.78 is 5.52. The van der Waals surface area contributed by atoms with Crippen LogP contribution in [0.5, 0.6) is 5.75 Å². The summed E-state index contributed by atoms with van der Waals surface area (Å²) >= 11 is 0. The van der Waals surface area contributed by atoms with Gasteiger partial charge in [0.05, 0.1) is 12.8 Å². The number of rotatable bonds is 4. The fourth-order valence-electron chi connectivity index (χ4n) is 4.11. The van der Waals surface area contributed by atoms with E-state index in [0.29, 0.717) is 0 Å². The lowest BCUT2D eigenvalue weighted by Crippen LogP contribution is -2.47. The summed E-state index contributed by atoms with van der Waals surface area (Å²) in [6.07, 6.45) is 4.44. The summed E-state index contributed by atoms with van der Waals surface area (Å²) in [5, 5.41) is 0. The second-order valence-corrected chi connectivity index (χ2v) is 7.55. The molecule has 27 heavy (non-hydrogen) atoms. The molecule has 0 bridgehead atoms. The molecule has 0 spiro atoms. The standard InChI is InChI=1S/C21H29N5O/c1-17-6-5-11-26(16-17)21-22-10-9-20(23-21)25-14-12-24(13-15-25)18-7-3-4-8-19(18)27-2/h3-4,7-10,17H,5-6,11-16H2,1-2H3. The van der Waals surface area contributed by atoms with Crippen molar-refractivity contribution in [1.29, 1.82) is 0 Å². The third kappa shape index (κ3) is 3.94. The van der Waals surface area contributed by atoms with Crippen LogP contribution >= 0.6 is 0 Å². The molecule has 2 fully saturated rings. The molecule has 0 N–H and O–H groups in total. The van der Waals surface area contributed by atoms with E-state index in [2.05, 4.69) is 38.7 Å². The highest BCUT2D eigenvalue weighted by Gasteiger charge is 2.23. The summed E-state index contributed by atoms with van der Waals surface area (Å²) in [5.74, 6) is 3.58. The van der Waals surface area contributed by atoms with Gasteiger partial charge in [0.2, 0.25) is 5.95 Å². The smallest absolute Gasteiger partial charge is 0.227 e. The maximum Gasteiger partial charge on any atom is 0.227 e. The van der Waals surface area contributed by atoms with Gasteiger partial charge >= 0.3 is 0 Å². The Bertz CT molecular complexity index is 760. The zero-order valence-corrected chi connectivity index (χ0v) is 16.3. The molecule has 3 heterocycles. The van der Waals surface area contributed by atoms with E-state index in [4.69, 9.17) is 9.72 Å². The highest BCUT2D eigenvalue weighted by Crippen LogP contribution is 2.29. The average Bonchev–Trinajstić information content (AvgIpc) is 2.74. The summed E-state index contributed by atoms with van der Waals surface area (Å²) in [7, 11) is 1.74. The highest BCUT2D eigenvalue weighted by molar-refractivity contribution is 5.59. The van der Waals surface area contributed by atoms with Crippen LogP contribution in [0.15, 0.2) is 36.5 Å². The van der Waals surface area contributed by atoms with E-state index >= 15 is 0 Å². The molecule has 6 heteroatoms. The summed E-state index contributed by atoms with van der Waals surface area (Å²) in [4.78, 5) is 16.5. The number of piperazine rings is 1. The average molecular weight is 367 g/mol. The molecule has 6 nitrogen and oxygen atoms in total. The molecule has 0 radical (unpaired) electrons. The molecule has 2 aliphatic rings. The first kappa shape index (κ1) is 17.9. The van der Waals surface area contributed by atoms with Crippen LogP contribution in [0.2, 0.25) is 0 Å². The Morgan fingerprint density at radius 1 is 0.963 bits per heavy atom. The Hall–Kier alpha value is -2.50. The van der Waals surface area contributed by atoms with Gasteiger partial charge in [0, 0.05) is 45.5 Å². The zero-order chi connectivity index (χ0) is 18.6. The largest absolute Gasteiger partial charge is 0.495 e. The number of para-hydroxylation sites is 2. The Morgan fingerprint density at radius 2 is 1.74 bits per heavy atom. The van der Waals surface area contributed by atoms with E-state index < -0.39 is 0 Å². The van der Waals surface area contributed by atoms with E-state index in [-0.39, 0.29) is 0 Å². The second kappa shape index (κ2) is 8.03. The SMILES string of the molecule is COc1ccccc1N1CCN(c2ccnc(N3CCCC(C)C3)n2)CC1. The minimum atomic E-state index is 0.718. The quantitative estimate of drug-likeness (QED) is 0.828. The molecule has 1 unspecified atom stereocenters. The number of hydrogen-bond acceptors (Lipinski definition) is 6. The number of benzene rings is 1. The Morgan fingerprint density at radius 3 is 2.52 bits per heavy atom. The minimum absolute atomic E-state index is 0.718. The van der Waals surface area contributed by atoms with Crippen LogP contribution in [0.3, 0.4) is 0 Å².